The highest BCUT2D eigenvalue weighted by molar-refractivity contribution is 6.74. The van der Waals surface area contributed by atoms with Crippen LogP contribution < -0.4 is 0 Å². The summed E-state index contributed by atoms with van der Waals surface area (Å²) in [6.07, 6.45) is 6.11. The molecule has 4 unspecified atom stereocenters. The first kappa shape index (κ1) is 23.4. The topological polar surface area (TPSA) is 49.1 Å². The van der Waals surface area contributed by atoms with E-state index >= 15 is 0 Å². The number of benzene rings is 1. The van der Waals surface area contributed by atoms with E-state index in [1.54, 1.807) is 6.20 Å². The van der Waals surface area contributed by atoms with Crippen molar-refractivity contribution in [1.29, 1.82) is 5.26 Å². The predicted octanol–water partition coefficient (Wildman–Crippen LogP) is 6.32. The molecule has 3 heterocycles. The molecule has 2 aromatic rings. The number of piperidine rings is 1. The number of pyridine rings is 1. The molecule has 0 aliphatic carbocycles. The second-order valence-corrected chi connectivity index (χ2v) is 16.2. The highest BCUT2D eigenvalue weighted by Crippen LogP contribution is 2.50. The smallest absolute Gasteiger partial charge is 0.192 e. The minimum atomic E-state index is -1.94. The summed E-state index contributed by atoms with van der Waals surface area (Å²) in [6.45, 7) is 12.4. The van der Waals surface area contributed by atoms with Gasteiger partial charge in [-0.3, -0.25) is 9.88 Å². The van der Waals surface area contributed by atoms with E-state index in [1.807, 2.05) is 12.3 Å². The van der Waals surface area contributed by atoms with Crippen molar-refractivity contribution in [2.24, 2.45) is 0 Å². The van der Waals surface area contributed by atoms with Gasteiger partial charge in [0, 0.05) is 31.0 Å². The third-order valence-electron chi connectivity index (χ3n) is 7.90. The first-order valence-corrected chi connectivity index (χ1v) is 14.8. The molecule has 2 aliphatic heterocycles. The Balaban J connectivity index is 1.68. The molecule has 0 amide bonds. The van der Waals surface area contributed by atoms with Crippen LogP contribution in [0.4, 0.5) is 0 Å². The van der Waals surface area contributed by atoms with Crippen molar-refractivity contribution >= 4 is 19.9 Å². The monoisotopic (exact) mass is 467 g/mol. The summed E-state index contributed by atoms with van der Waals surface area (Å²) in [5, 5.41) is 11.1. The standard InChI is InChI=1S/C26H34ClN3OSi/c1-25(2,3)32(4,5)31-24-12-22-13-26(18-28,20-11-21(27)16-29-15-20)14-23(24)30(22)17-19-9-7-6-8-10-19/h6-11,15-16,22-24H,12-14,17H2,1-5H3. The minimum absolute atomic E-state index is 0.145. The van der Waals surface area contributed by atoms with Gasteiger partial charge in [0.2, 0.25) is 0 Å². The second-order valence-electron chi connectivity index (χ2n) is 11.0. The molecular weight excluding hydrogens is 434 g/mol. The lowest BCUT2D eigenvalue weighted by Crippen LogP contribution is -2.52. The first-order valence-electron chi connectivity index (χ1n) is 11.5. The number of rotatable bonds is 5. The second kappa shape index (κ2) is 8.57. The van der Waals surface area contributed by atoms with Gasteiger partial charge in [-0.25, -0.2) is 0 Å². The predicted molar refractivity (Wildman–Crippen MR) is 132 cm³/mol. The van der Waals surface area contributed by atoms with Crippen LogP contribution in [0.25, 0.3) is 0 Å². The third-order valence-corrected chi connectivity index (χ3v) is 12.6. The van der Waals surface area contributed by atoms with Crippen LogP contribution in [-0.2, 0) is 16.4 Å². The van der Waals surface area contributed by atoms with Gasteiger partial charge in [-0.1, -0.05) is 62.7 Å². The molecule has 0 radical (unpaired) electrons. The van der Waals surface area contributed by atoms with Crippen LogP contribution in [0.15, 0.2) is 48.8 Å². The van der Waals surface area contributed by atoms with Crippen molar-refractivity contribution < 1.29 is 4.43 Å². The molecule has 4 rings (SSSR count). The zero-order valence-electron chi connectivity index (χ0n) is 19.8. The molecule has 4 atom stereocenters. The van der Waals surface area contributed by atoms with E-state index in [9.17, 15) is 5.26 Å². The Morgan fingerprint density at radius 1 is 1.22 bits per heavy atom. The van der Waals surface area contributed by atoms with E-state index in [1.165, 1.54) is 5.56 Å². The molecule has 2 aliphatic rings. The Morgan fingerprint density at radius 2 is 1.94 bits per heavy atom. The largest absolute Gasteiger partial charge is 0.412 e. The van der Waals surface area contributed by atoms with E-state index in [0.717, 1.165) is 31.4 Å². The maximum absolute atomic E-state index is 10.4. The Morgan fingerprint density at radius 3 is 2.56 bits per heavy atom. The SMILES string of the molecule is CC(C)(C)[Si](C)(C)OC1CC2CC(C#N)(c3cncc(Cl)c3)CC1N2Cc1ccccc1. The van der Waals surface area contributed by atoms with Crippen LogP contribution in [0.1, 0.15) is 51.2 Å². The Labute approximate surface area is 198 Å². The van der Waals surface area contributed by atoms with Gasteiger partial charge in [-0.05, 0) is 54.6 Å². The Hall–Kier alpha value is -1.71. The number of hydrogen-bond acceptors (Lipinski definition) is 4. The molecular formula is C26H34ClN3OSi. The van der Waals surface area contributed by atoms with Crippen LogP contribution in [0, 0.1) is 11.3 Å². The number of nitrogens with zero attached hydrogens (tertiary/aromatic N) is 3. The van der Waals surface area contributed by atoms with Crippen molar-refractivity contribution in [2.45, 2.75) is 88.3 Å². The summed E-state index contributed by atoms with van der Waals surface area (Å²) >= 11 is 6.27. The molecule has 4 nitrogen and oxygen atoms in total. The molecule has 0 saturated carbocycles. The quantitative estimate of drug-likeness (QED) is 0.482. The summed E-state index contributed by atoms with van der Waals surface area (Å²) in [4.78, 5) is 6.90. The fourth-order valence-corrected chi connectivity index (χ4v) is 6.66. The van der Waals surface area contributed by atoms with E-state index in [0.29, 0.717) is 11.1 Å². The maximum atomic E-state index is 10.4. The van der Waals surface area contributed by atoms with Gasteiger partial charge in [-0.2, -0.15) is 5.26 Å². The average molecular weight is 468 g/mol. The highest BCUT2D eigenvalue weighted by atomic mass is 35.5. The van der Waals surface area contributed by atoms with Crippen molar-refractivity contribution in [3.05, 3.63) is 64.9 Å². The zero-order valence-corrected chi connectivity index (χ0v) is 21.6. The highest BCUT2D eigenvalue weighted by Gasteiger charge is 2.55. The molecule has 2 bridgehead atoms. The molecule has 2 fully saturated rings. The minimum Gasteiger partial charge on any atom is -0.412 e. The van der Waals surface area contributed by atoms with Crippen molar-refractivity contribution in [1.82, 2.24) is 9.88 Å². The lowest BCUT2D eigenvalue weighted by molar-refractivity contribution is 0.0598. The van der Waals surface area contributed by atoms with Crippen LogP contribution in [0.2, 0.25) is 23.2 Å². The van der Waals surface area contributed by atoms with Gasteiger partial charge < -0.3 is 4.43 Å². The molecule has 170 valence electrons. The van der Waals surface area contributed by atoms with E-state index in [2.05, 4.69) is 80.2 Å². The first-order chi connectivity index (χ1) is 15.0. The number of nitriles is 1. The molecule has 32 heavy (non-hydrogen) atoms. The van der Waals surface area contributed by atoms with Gasteiger partial charge >= 0.3 is 0 Å². The molecule has 1 aromatic heterocycles. The Bertz CT molecular complexity index is 1000. The fraction of sp³-hybridized carbons (Fsp3) is 0.538. The normalized spacial score (nSPS) is 28.5. The van der Waals surface area contributed by atoms with E-state index in [4.69, 9.17) is 16.0 Å². The summed E-state index contributed by atoms with van der Waals surface area (Å²) in [7, 11) is -1.94. The summed E-state index contributed by atoms with van der Waals surface area (Å²) in [5.41, 5.74) is 1.67. The third kappa shape index (κ3) is 4.39. The van der Waals surface area contributed by atoms with Crippen LogP contribution in [0.5, 0.6) is 0 Å². The lowest BCUT2D eigenvalue weighted by Gasteiger charge is -2.45. The molecule has 1 aromatic carbocycles. The molecule has 0 N–H and O–H groups in total. The maximum Gasteiger partial charge on any atom is 0.192 e. The molecule has 0 spiro atoms. The van der Waals surface area contributed by atoms with Crippen LogP contribution in [-0.4, -0.2) is 36.4 Å². The van der Waals surface area contributed by atoms with Crippen molar-refractivity contribution in [3.63, 3.8) is 0 Å². The van der Waals surface area contributed by atoms with Crippen LogP contribution in [0.3, 0.4) is 0 Å². The van der Waals surface area contributed by atoms with E-state index < -0.39 is 13.7 Å². The van der Waals surface area contributed by atoms with Gasteiger partial charge in [0.1, 0.15) is 0 Å². The van der Waals surface area contributed by atoms with E-state index in [-0.39, 0.29) is 17.2 Å². The number of aromatic nitrogens is 1. The van der Waals surface area contributed by atoms with Gasteiger partial charge in [0.25, 0.3) is 0 Å². The zero-order chi connectivity index (χ0) is 23.1. The number of fused-ring (bicyclic) bond motifs is 2. The van der Waals surface area contributed by atoms with Gasteiger partial charge in [0.05, 0.1) is 22.6 Å². The number of halogens is 1. The molecule has 2 saturated heterocycles. The molecule has 6 heteroatoms. The average Bonchev–Trinajstić information content (AvgIpc) is 2.92. The fourth-order valence-electron chi connectivity index (χ4n) is 5.12. The summed E-state index contributed by atoms with van der Waals surface area (Å²) in [5.74, 6) is 0. The number of hydrogen-bond donors (Lipinski definition) is 0. The Kier molecular flexibility index (Phi) is 6.28. The van der Waals surface area contributed by atoms with Crippen molar-refractivity contribution in [2.75, 3.05) is 0 Å². The van der Waals surface area contributed by atoms with Crippen molar-refractivity contribution in [3.8, 4) is 6.07 Å². The van der Waals surface area contributed by atoms with Gasteiger partial charge in [0.15, 0.2) is 8.32 Å². The van der Waals surface area contributed by atoms with Gasteiger partial charge in [-0.15, -0.1) is 0 Å². The lowest BCUT2D eigenvalue weighted by atomic mass is 9.71. The van der Waals surface area contributed by atoms with Crippen LogP contribution >= 0.6 is 11.6 Å². The summed E-state index contributed by atoms with van der Waals surface area (Å²) in [6, 6.07) is 15.7. The summed E-state index contributed by atoms with van der Waals surface area (Å²) < 4.78 is 6.99.